The van der Waals surface area contributed by atoms with Gasteiger partial charge >= 0.3 is 0 Å². The second kappa shape index (κ2) is 7.34. The van der Waals surface area contributed by atoms with Crippen molar-refractivity contribution < 1.29 is 19.4 Å². The topological polar surface area (TPSA) is 55.8 Å². The molecule has 2 rings (SSSR count). The molecule has 5 atom stereocenters. The number of aliphatic hydroxyl groups excluding tert-OH is 1. The highest BCUT2D eigenvalue weighted by atomic mass is 79.9. The Morgan fingerprint density at radius 2 is 2.30 bits per heavy atom. The van der Waals surface area contributed by atoms with E-state index in [0.717, 1.165) is 0 Å². The van der Waals surface area contributed by atoms with Gasteiger partial charge in [-0.15, -0.1) is 5.73 Å². The molecule has 2 aliphatic heterocycles. The highest BCUT2D eigenvalue weighted by Gasteiger charge is 2.38. The molecule has 0 amide bonds. The van der Waals surface area contributed by atoms with Crippen LogP contribution in [0.15, 0.2) is 28.9 Å². The zero-order chi connectivity index (χ0) is 14.5. The summed E-state index contributed by atoms with van der Waals surface area (Å²) in [6.45, 7) is 1.88. The lowest BCUT2D eigenvalue weighted by Gasteiger charge is -2.40. The first-order chi connectivity index (χ1) is 9.61. The van der Waals surface area contributed by atoms with Gasteiger partial charge in [-0.25, -0.2) is 0 Å². The maximum Gasteiger partial charge on any atom is 0.136 e. The number of hydrogen-bond donors (Lipinski definition) is 1. The first kappa shape index (κ1) is 15.7. The number of carbonyl (C=O) groups is 1. The second-order valence-corrected chi connectivity index (χ2v) is 5.55. The van der Waals surface area contributed by atoms with Gasteiger partial charge in [0.25, 0.3) is 0 Å². The van der Waals surface area contributed by atoms with Gasteiger partial charge in [-0.3, -0.25) is 4.79 Å². The van der Waals surface area contributed by atoms with Crippen LogP contribution in [-0.2, 0) is 14.3 Å². The number of Topliss-reactive ketones (excluding diaryl/α,β-unsaturated/α-hetero) is 1. The fourth-order valence-electron chi connectivity index (χ4n) is 2.50. The fourth-order valence-corrected chi connectivity index (χ4v) is 2.66. The molecule has 0 spiro atoms. The molecule has 20 heavy (non-hydrogen) atoms. The van der Waals surface area contributed by atoms with Crippen molar-refractivity contribution >= 4 is 21.7 Å². The van der Waals surface area contributed by atoms with E-state index in [9.17, 15) is 9.90 Å². The molecule has 2 aliphatic rings. The van der Waals surface area contributed by atoms with Crippen molar-refractivity contribution in [2.75, 3.05) is 0 Å². The molecule has 0 saturated carbocycles. The molecular weight excluding hydrogens is 324 g/mol. The monoisotopic (exact) mass is 342 g/mol. The summed E-state index contributed by atoms with van der Waals surface area (Å²) in [6.07, 6.45) is 4.69. The summed E-state index contributed by atoms with van der Waals surface area (Å²) >= 11 is 3.16. The zero-order valence-electron chi connectivity index (χ0n) is 11.4. The van der Waals surface area contributed by atoms with Crippen LogP contribution >= 0.6 is 15.9 Å². The Bertz CT molecular complexity index is 439. The van der Waals surface area contributed by atoms with Gasteiger partial charge in [0.2, 0.25) is 0 Å². The van der Waals surface area contributed by atoms with Crippen molar-refractivity contribution in [2.45, 2.75) is 56.7 Å². The van der Waals surface area contributed by atoms with E-state index in [1.165, 1.54) is 0 Å². The molecule has 1 N–H and O–H groups in total. The summed E-state index contributed by atoms with van der Waals surface area (Å²) < 4.78 is 11.9. The van der Waals surface area contributed by atoms with Gasteiger partial charge in [-0.2, -0.15) is 0 Å². The van der Waals surface area contributed by atoms with Crippen molar-refractivity contribution in [3.05, 3.63) is 28.9 Å². The van der Waals surface area contributed by atoms with E-state index in [1.54, 1.807) is 11.1 Å². The summed E-state index contributed by atoms with van der Waals surface area (Å²) in [7, 11) is 0. The Morgan fingerprint density at radius 3 is 3.05 bits per heavy atom. The molecule has 0 aromatic heterocycles. The smallest absolute Gasteiger partial charge is 0.136 e. The van der Waals surface area contributed by atoms with Crippen molar-refractivity contribution in [2.24, 2.45) is 0 Å². The van der Waals surface area contributed by atoms with E-state index in [-0.39, 0.29) is 24.1 Å². The normalized spacial score (nSPS) is 38.0. The highest BCUT2D eigenvalue weighted by Crippen LogP contribution is 2.27. The minimum absolute atomic E-state index is 0.140. The molecule has 5 heteroatoms. The molecule has 0 radical (unpaired) electrons. The summed E-state index contributed by atoms with van der Waals surface area (Å²) in [4.78, 5) is 13.3. The van der Waals surface area contributed by atoms with E-state index in [1.807, 2.05) is 19.1 Å². The van der Waals surface area contributed by atoms with Gasteiger partial charge in [-0.1, -0.05) is 28.1 Å². The van der Waals surface area contributed by atoms with E-state index in [0.29, 0.717) is 19.3 Å². The van der Waals surface area contributed by atoms with Crippen LogP contribution < -0.4 is 0 Å². The molecule has 4 nitrogen and oxygen atoms in total. The molecular formula is C15H19BrO4. The number of hydrogen-bond acceptors (Lipinski definition) is 4. The molecule has 0 aliphatic carbocycles. The predicted octanol–water partition coefficient (Wildman–Crippen LogP) is 2.26. The third-order valence-electron chi connectivity index (χ3n) is 3.57. The lowest BCUT2D eigenvalue weighted by molar-refractivity contribution is -0.214. The van der Waals surface area contributed by atoms with E-state index in [2.05, 4.69) is 21.7 Å². The Kier molecular flexibility index (Phi) is 5.75. The van der Waals surface area contributed by atoms with Crippen LogP contribution in [-0.4, -0.2) is 41.4 Å². The lowest BCUT2D eigenvalue weighted by Crippen LogP contribution is -2.51. The van der Waals surface area contributed by atoms with Crippen LogP contribution in [0.25, 0.3) is 0 Å². The van der Waals surface area contributed by atoms with Crippen LogP contribution in [0.2, 0.25) is 0 Å². The summed E-state index contributed by atoms with van der Waals surface area (Å²) in [6, 6.07) is 0. The van der Waals surface area contributed by atoms with Crippen LogP contribution in [0, 0.1) is 0 Å². The van der Waals surface area contributed by atoms with Crippen LogP contribution in [0.5, 0.6) is 0 Å². The van der Waals surface area contributed by atoms with Crippen LogP contribution in [0.3, 0.4) is 0 Å². The molecule has 110 valence electrons. The number of rotatable bonds is 1. The third kappa shape index (κ3) is 3.90. The lowest BCUT2D eigenvalue weighted by atomic mass is 9.97. The van der Waals surface area contributed by atoms with E-state index >= 15 is 0 Å². The van der Waals surface area contributed by atoms with Crippen molar-refractivity contribution in [3.8, 4) is 0 Å². The number of fused-ring (bicyclic) bond motifs is 2. The zero-order valence-corrected chi connectivity index (χ0v) is 13.0. The molecule has 1 fully saturated rings. The number of ketones is 1. The highest BCUT2D eigenvalue weighted by molar-refractivity contribution is 9.11. The number of carbonyl (C=O) groups excluding carboxylic acids is 1. The number of ether oxygens (including phenoxy) is 2. The van der Waals surface area contributed by atoms with Crippen LogP contribution in [0.1, 0.15) is 26.2 Å². The molecule has 0 aromatic carbocycles. The molecule has 5 unspecified atom stereocenters. The Hall–Kier alpha value is -0.710. The molecule has 0 aromatic rings. The molecule has 1 saturated heterocycles. The summed E-state index contributed by atoms with van der Waals surface area (Å²) in [5.74, 6) is 0.140. The Labute approximate surface area is 127 Å². The minimum Gasteiger partial charge on any atom is -0.390 e. The number of halogens is 1. The van der Waals surface area contributed by atoms with Crippen molar-refractivity contribution in [1.29, 1.82) is 0 Å². The van der Waals surface area contributed by atoms with Gasteiger partial charge in [-0.05, 0) is 19.4 Å². The average molecular weight is 343 g/mol. The summed E-state index contributed by atoms with van der Waals surface area (Å²) in [5.41, 5.74) is 2.92. The third-order valence-corrected chi connectivity index (χ3v) is 3.83. The van der Waals surface area contributed by atoms with Gasteiger partial charge in [0.1, 0.15) is 24.1 Å². The Balaban J connectivity index is 2.23. The predicted molar refractivity (Wildman–Crippen MR) is 78.6 cm³/mol. The van der Waals surface area contributed by atoms with Gasteiger partial charge in [0, 0.05) is 17.8 Å². The fraction of sp³-hybridized carbons (Fsp3) is 0.600. The maximum atomic E-state index is 11.6. The first-order valence-corrected chi connectivity index (χ1v) is 7.72. The maximum absolute atomic E-state index is 11.6. The minimum atomic E-state index is -0.681. The summed E-state index contributed by atoms with van der Waals surface area (Å²) in [5, 5.41) is 10.2. The van der Waals surface area contributed by atoms with Crippen molar-refractivity contribution in [1.82, 2.24) is 0 Å². The Morgan fingerprint density at radius 1 is 1.50 bits per heavy atom. The largest absolute Gasteiger partial charge is 0.390 e. The quantitative estimate of drug-likeness (QED) is 0.586. The number of aliphatic hydroxyl groups is 1. The van der Waals surface area contributed by atoms with Gasteiger partial charge < -0.3 is 14.6 Å². The van der Waals surface area contributed by atoms with Gasteiger partial charge in [0.05, 0.1) is 12.2 Å². The van der Waals surface area contributed by atoms with Crippen LogP contribution in [0.4, 0.5) is 0 Å². The average Bonchev–Trinajstić information content (AvgIpc) is 2.43. The first-order valence-electron chi connectivity index (χ1n) is 6.80. The second-order valence-electron chi connectivity index (χ2n) is 5.09. The number of allylic oxidation sites excluding steroid dienone is 1. The van der Waals surface area contributed by atoms with Crippen molar-refractivity contribution in [3.63, 3.8) is 0 Å². The van der Waals surface area contributed by atoms with E-state index < -0.39 is 12.2 Å². The SMILES string of the molecule is CC1OC(C=C=CBr)C2C=CCC(=O)CCC(O)C1O2. The van der Waals surface area contributed by atoms with Gasteiger partial charge in [0.15, 0.2) is 0 Å². The molecule has 2 heterocycles. The molecule has 2 bridgehead atoms. The standard InChI is InChI=1S/C15H19BrO4/c1-10-15-12(18)8-7-11(17)4-2-5-14(20-15)13(19-10)6-3-9-16/h2,5-6,9-10,12-15,18H,4,7-8H2,1H3. The van der Waals surface area contributed by atoms with E-state index in [4.69, 9.17) is 9.47 Å².